The van der Waals surface area contributed by atoms with Crippen molar-refractivity contribution in [2.75, 3.05) is 6.54 Å². The van der Waals surface area contributed by atoms with Gasteiger partial charge in [-0.1, -0.05) is 71.7 Å². The maximum absolute atomic E-state index is 13.8. The van der Waals surface area contributed by atoms with Crippen molar-refractivity contribution in [3.8, 4) is 0 Å². The van der Waals surface area contributed by atoms with E-state index in [4.69, 9.17) is 23.2 Å². The zero-order chi connectivity index (χ0) is 29.7. The molecule has 41 heavy (non-hydrogen) atoms. The quantitative estimate of drug-likeness (QED) is 0.324. The minimum absolute atomic E-state index is 0.0362. The smallest absolute Gasteiger partial charge is 0.269 e. The molecule has 3 aromatic carbocycles. The molecular formula is C30H31Cl2N3O5S. The summed E-state index contributed by atoms with van der Waals surface area (Å²) in [5.74, 6) is -1.29. The Kier molecular flexibility index (Phi) is 9.73. The number of nitrogens with zero attached hydrogens (tertiary/aromatic N) is 2. The van der Waals surface area contributed by atoms with Gasteiger partial charge in [0.1, 0.15) is 10.9 Å². The largest absolute Gasteiger partial charge is 0.352 e. The average molecular weight is 617 g/mol. The SMILES string of the molecule is CC(C)NC(=O)[C@@H](Cc1ccccc1)N(Cc1ccc(Cl)c(Cl)c1)C(=O)CCCN1C(=O)c2ccccc2S1(=O)=O. The van der Waals surface area contributed by atoms with Gasteiger partial charge in [-0.05, 0) is 55.7 Å². The van der Waals surface area contributed by atoms with Gasteiger partial charge in [0.25, 0.3) is 15.9 Å². The number of carbonyl (C=O) groups is 3. The summed E-state index contributed by atoms with van der Waals surface area (Å²) in [6.45, 7) is 3.59. The Morgan fingerprint density at radius 1 is 0.927 bits per heavy atom. The Labute approximate surface area is 250 Å². The number of hydrogen-bond donors (Lipinski definition) is 1. The molecule has 0 fully saturated rings. The number of sulfonamides is 1. The molecule has 0 saturated heterocycles. The highest BCUT2D eigenvalue weighted by Gasteiger charge is 2.40. The van der Waals surface area contributed by atoms with E-state index in [1.807, 2.05) is 44.2 Å². The molecule has 0 unspecified atom stereocenters. The predicted octanol–water partition coefficient (Wildman–Crippen LogP) is 5.08. The molecule has 1 N–H and O–H groups in total. The summed E-state index contributed by atoms with van der Waals surface area (Å²) in [4.78, 5) is 41.5. The number of halogens is 2. The van der Waals surface area contributed by atoms with E-state index in [-0.39, 0.29) is 60.7 Å². The number of hydrogen-bond acceptors (Lipinski definition) is 5. The van der Waals surface area contributed by atoms with Gasteiger partial charge in [-0.3, -0.25) is 14.4 Å². The second-order valence-corrected chi connectivity index (χ2v) is 12.8. The molecule has 3 amide bonds. The van der Waals surface area contributed by atoms with Crippen molar-refractivity contribution in [2.45, 2.75) is 56.6 Å². The first-order valence-corrected chi connectivity index (χ1v) is 15.4. The van der Waals surface area contributed by atoms with Crippen molar-refractivity contribution in [3.05, 3.63) is 99.5 Å². The molecule has 0 spiro atoms. The van der Waals surface area contributed by atoms with Gasteiger partial charge >= 0.3 is 0 Å². The standard InChI is InChI=1S/C30H31Cl2N3O5S/c1-20(2)33-29(37)26(18-21-9-4-3-5-10-21)34(19-22-14-15-24(31)25(32)17-22)28(36)13-8-16-35-30(38)23-11-6-7-12-27(23)41(35,39)40/h3-7,9-12,14-15,17,20,26H,8,13,16,18-19H2,1-2H3,(H,33,37)/t26-/m1/s1. The summed E-state index contributed by atoms with van der Waals surface area (Å²) in [5.41, 5.74) is 1.67. The van der Waals surface area contributed by atoms with Gasteiger partial charge in [0.15, 0.2) is 0 Å². The van der Waals surface area contributed by atoms with E-state index in [2.05, 4.69) is 5.32 Å². The summed E-state index contributed by atoms with van der Waals surface area (Å²) in [5, 5.41) is 3.60. The van der Waals surface area contributed by atoms with E-state index in [1.165, 1.54) is 17.0 Å². The predicted molar refractivity (Wildman–Crippen MR) is 158 cm³/mol. The van der Waals surface area contributed by atoms with Crippen LogP contribution in [0.15, 0.2) is 77.7 Å². The number of nitrogens with one attached hydrogen (secondary N) is 1. The first kappa shape index (κ1) is 30.6. The highest BCUT2D eigenvalue weighted by atomic mass is 35.5. The van der Waals surface area contributed by atoms with Gasteiger partial charge in [-0.2, -0.15) is 0 Å². The maximum atomic E-state index is 13.8. The number of carbonyl (C=O) groups excluding carboxylic acids is 3. The minimum Gasteiger partial charge on any atom is -0.352 e. The molecule has 1 aliphatic heterocycles. The molecule has 0 saturated carbocycles. The van der Waals surface area contributed by atoms with Gasteiger partial charge in [0, 0.05) is 32.0 Å². The van der Waals surface area contributed by atoms with E-state index >= 15 is 0 Å². The molecule has 1 atom stereocenters. The molecule has 0 radical (unpaired) electrons. The van der Waals surface area contributed by atoms with Crippen LogP contribution >= 0.6 is 23.2 Å². The normalized spacial score (nSPS) is 14.6. The van der Waals surface area contributed by atoms with Gasteiger partial charge in [-0.25, -0.2) is 12.7 Å². The lowest BCUT2D eigenvalue weighted by Gasteiger charge is -2.32. The second kappa shape index (κ2) is 13.1. The Morgan fingerprint density at radius 3 is 2.27 bits per heavy atom. The van der Waals surface area contributed by atoms with E-state index in [0.29, 0.717) is 15.6 Å². The van der Waals surface area contributed by atoms with E-state index < -0.39 is 22.0 Å². The van der Waals surface area contributed by atoms with Crippen LogP contribution in [-0.4, -0.2) is 54.0 Å². The molecule has 1 heterocycles. The Balaban J connectivity index is 1.58. The van der Waals surface area contributed by atoms with Gasteiger partial charge in [0.05, 0.1) is 15.6 Å². The van der Waals surface area contributed by atoms with Gasteiger partial charge in [0.2, 0.25) is 11.8 Å². The van der Waals surface area contributed by atoms with Crippen LogP contribution < -0.4 is 5.32 Å². The summed E-state index contributed by atoms with van der Waals surface area (Å²) >= 11 is 12.3. The lowest BCUT2D eigenvalue weighted by atomic mass is 10.0. The van der Waals surface area contributed by atoms with E-state index in [1.54, 1.807) is 30.3 Å². The summed E-state index contributed by atoms with van der Waals surface area (Å²) in [6, 6.07) is 19.4. The van der Waals surface area contributed by atoms with Crippen molar-refractivity contribution >= 4 is 50.9 Å². The zero-order valence-corrected chi connectivity index (χ0v) is 25.0. The van der Waals surface area contributed by atoms with Crippen LogP contribution in [-0.2, 0) is 32.6 Å². The van der Waals surface area contributed by atoms with Crippen molar-refractivity contribution < 1.29 is 22.8 Å². The van der Waals surface area contributed by atoms with E-state index in [0.717, 1.165) is 9.87 Å². The average Bonchev–Trinajstić information content (AvgIpc) is 3.13. The maximum Gasteiger partial charge on any atom is 0.269 e. The van der Waals surface area contributed by atoms with Crippen LogP contribution in [0.4, 0.5) is 0 Å². The molecule has 216 valence electrons. The highest BCUT2D eigenvalue weighted by Crippen LogP contribution is 2.30. The third-order valence-corrected chi connectivity index (χ3v) is 9.28. The highest BCUT2D eigenvalue weighted by molar-refractivity contribution is 7.90. The molecule has 11 heteroatoms. The molecule has 4 rings (SSSR count). The van der Waals surface area contributed by atoms with Crippen molar-refractivity contribution in [2.24, 2.45) is 0 Å². The zero-order valence-electron chi connectivity index (χ0n) is 22.7. The van der Waals surface area contributed by atoms with Crippen LogP contribution in [0.3, 0.4) is 0 Å². The van der Waals surface area contributed by atoms with Crippen LogP contribution in [0.25, 0.3) is 0 Å². The third-order valence-electron chi connectivity index (χ3n) is 6.70. The molecule has 0 aromatic heterocycles. The fourth-order valence-electron chi connectivity index (χ4n) is 4.74. The Bertz CT molecular complexity index is 1550. The molecule has 1 aliphatic rings. The Hall–Kier alpha value is -3.40. The summed E-state index contributed by atoms with van der Waals surface area (Å²) in [6.07, 6.45) is 0.261. The van der Waals surface area contributed by atoms with Crippen LogP contribution in [0, 0.1) is 0 Å². The molecule has 0 bridgehead atoms. The van der Waals surface area contributed by atoms with Crippen LogP contribution in [0.2, 0.25) is 10.0 Å². The molecule has 0 aliphatic carbocycles. The van der Waals surface area contributed by atoms with Crippen LogP contribution in [0.5, 0.6) is 0 Å². The molecule has 3 aromatic rings. The topological polar surface area (TPSA) is 104 Å². The fraction of sp³-hybridized carbons (Fsp3) is 0.300. The summed E-state index contributed by atoms with van der Waals surface area (Å²) < 4.78 is 26.7. The van der Waals surface area contributed by atoms with E-state index in [9.17, 15) is 22.8 Å². The number of benzene rings is 3. The number of rotatable bonds is 11. The summed E-state index contributed by atoms with van der Waals surface area (Å²) in [7, 11) is -3.99. The van der Waals surface area contributed by atoms with Crippen molar-refractivity contribution in [1.82, 2.24) is 14.5 Å². The monoisotopic (exact) mass is 615 g/mol. The third kappa shape index (κ3) is 7.09. The first-order valence-electron chi connectivity index (χ1n) is 13.2. The van der Waals surface area contributed by atoms with Gasteiger partial charge in [-0.15, -0.1) is 0 Å². The first-order chi connectivity index (χ1) is 19.5. The molecule has 8 nitrogen and oxygen atoms in total. The lowest BCUT2D eigenvalue weighted by molar-refractivity contribution is -0.141. The number of amides is 3. The molecular weight excluding hydrogens is 585 g/mol. The van der Waals surface area contributed by atoms with Crippen LogP contribution in [0.1, 0.15) is 48.2 Å². The lowest BCUT2D eigenvalue weighted by Crippen LogP contribution is -2.51. The van der Waals surface area contributed by atoms with Crippen molar-refractivity contribution in [3.63, 3.8) is 0 Å². The number of fused-ring (bicyclic) bond motifs is 1. The minimum atomic E-state index is -3.99. The fourth-order valence-corrected chi connectivity index (χ4v) is 6.67. The van der Waals surface area contributed by atoms with Gasteiger partial charge < -0.3 is 10.2 Å². The second-order valence-electron chi connectivity index (χ2n) is 10.1. The Morgan fingerprint density at radius 2 is 1.61 bits per heavy atom. The van der Waals surface area contributed by atoms with Crippen molar-refractivity contribution in [1.29, 1.82) is 0 Å².